The predicted octanol–water partition coefficient (Wildman–Crippen LogP) is 0.894. The van der Waals surface area contributed by atoms with Crippen molar-refractivity contribution in [3.05, 3.63) is 34.3 Å². The van der Waals surface area contributed by atoms with Crippen LogP contribution in [0.3, 0.4) is 0 Å². The molecule has 0 saturated heterocycles. The number of aromatic nitrogens is 3. The van der Waals surface area contributed by atoms with Crippen LogP contribution in [0.5, 0.6) is 0 Å². The van der Waals surface area contributed by atoms with Crippen molar-refractivity contribution >= 4 is 17.2 Å². The van der Waals surface area contributed by atoms with Gasteiger partial charge in [0.15, 0.2) is 0 Å². The first kappa shape index (κ1) is 15.2. The molecule has 0 aliphatic carbocycles. The number of nitrogens with zero attached hydrogens (tertiary/aromatic N) is 3. The van der Waals surface area contributed by atoms with Crippen molar-refractivity contribution < 1.29 is 9.90 Å². The summed E-state index contributed by atoms with van der Waals surface area (Å²) in [5.74, 6) is 5.65. The third-order valence-corrected chi connectivity index (χ3v) is 3.48. The maximum Gasteiger partial charge on any atom is 0.252 e. The summed E-state index contributed by atoms with van der Waals surface area (Å²) in [4.78, 5) is 12.8. The van der Waals surface area contributed by atoms with Gasteiger partial charge in [-0.3, -0.25) is 9.48 Å². The van der Waals surface area contributed by atoms with Crippen molar-refractivity contribution in [2.75, 3.05) is 13.2 Å². The fourth-order valence-corrected chi connectivity index (χ4v) is 2.38. The molecule has 2 aromatic rings. The molecule has 0 bridgehead atoms. The van der Waals surface area contributed by atoms with Crippen LogP contribution >= 0.6 is 11.3 Å². The molecule has 0 aromatic carbocycles. The third-order valence-electron chi connectivity index (χ3n) is 2.63. The SMILES string of the molecule is O=C(NCCCn1ccnn1)c1csc(C#CCCO)c1. The molecule has 1 amide bonds. The van der Waals surface area contributed by atoms with Crippen molar-refractivity contribution in [1.29, 1.82) is 0 Å². The Morgan fingerprint density at radius 3 is 3.19 bits per heavy atom. The lowest BCUT2D eigenvalue weighted by molar-refractivity contribution is 0.0953. The van der Waals surface area contributed by atoms with E-state index in [4.69, 9.17) is 5.11 Å². The molecule has 2 aromatic heterocycles. The molecule has 21 heavy (non-hydrogen) atoms. The summed E-state index contributed by atoms with van der Waals surface area (Å²) in [6.07, 6.45) is 4.66. The van der Waals surface area contributed by atoms with Crippen LogP contribution in [0.4, 0.5) is 0 Å². The minimum Gasteiger partial charge on any atom is -0.395 e. The summed E-state index contributed by atoms with van der Waals surface area (Å²) in [7, 11) is 0. The average Bonchev–Trinajstić information content (AvgIpc) is 3.15. The second kappa shape index (κ2) is 8.19. The molecular weight excluding hydrogens is 288 g/mol. The lowest BCUT2D eigenvalue weighted by Crippen LogP contribution is -2.24. The Morgan fingerprint density at radius 1 is 1.52 bits per heavy atom. The van der Waals surface area contributed by atoms with Gasteiger partial charge in [-0.1, -0.05) is 17.1 Å². The standard InChI is InChI=1S/C14H16N4O2S/c19-9-2-1-4-13-10-12(11-21-13)14(20)15-5-3-7-18-8-6-16-17-18/h6,8,10-11,19H,2-3,5,7,9H2,(H,15,20). The zero-order valence-electron chi connectivity index (χ0n) is 11.5. The molecule has 110 valence electrons. The Morgan fingerprint density at radius 2 is 2.43 bits per heavy atom. The van der Waals surface area contributed by atoms with Crippen LogP contribution in [-0.2, 0) is 6.54 Å². The zero-order valence-corrected chi connectivity index (χ0v) is 12.3. The molecular formula is C14H16N4O2S. The van der Waals surface area contributed by atoms with E-state index in [1.807, 2.05) is 0 Å². The molecule has 0 spiro atoms. The number of amides is 1. The van der Waals surface area contributed by atoms with Gasteiger partial charge in [0, 0.05) is 31.1 Å². The first-order chi connectivity index (χ1) is 10.3. The highest BCUT2D eigenvalue weighted by atomic mass is 32.1. The van der Waals surface area contributed by atoms with Gasteiger partial charge in [0.25, 0.3) is 5.91 Å². The molecule has 2 rings (SSSR count). The van der Waals surface area contributed by atoms with Gasteiger partial charge < -0.3 is 10.4 Å². The van der Waals surface area contributed by atoms with Crippen molar-refractivity contribution in [3.63, 3.8) is 0 Å². The minimum absolute atomic E-state index is 0.0531. The minimum atomic E-state index is -0.0972. The molecule has 0 unspecified atom stereocenters. The van der Waals surface area contributed by atoms with Crippen LogP contribution in [0.15, 0.2) is 23.8 Å². The van der Waals surface area contributed by atoms with Gasteiger partial charge in [-0.2, -0.15) is 0 Å². The molecule has 2 N–H and O–H groups in total. The van der Waals surface area contributed by atoms with E-state index in [0.29, 0.717) is 18.5 Å². The smallest absolute Gasteiger partial charge is 0.252 e. The number of carbonyl (C=O) groups is 1. The van der Waals surface area contributed by atoms with Crippen LogP contribution in [0, 0.1) is 11.8 Å². The number of carbonyl (C=O) groups excluding carboxylic acids is 1. The summed E-state index contributed by atoms with van der Waals surface area (Å²) in [6, 6.07) is 1.77. The summed E-state index contributed by atoms with van der Waals surface area (Å²) in [5, 5.41) is 20.9. The molecule has 2 heterocycles. The van der Waals surface area contributed by atoms with E-state index in [9.17, 15) is 4.79 Å². The monoisotopic (exact) mass is 304 g/mol. The van der Waals surface area contributed by atoms with E-state index in [0.717, 1.165) is 17.8 Å². The number of rotatable bonds is 6. The van der Waals surface area contributed by atoms with Crippen molar-refractivity contribution in [1.82, 2.24) is 20.3 Å². The topological polar surface area (TPSA) is 80.0 Å². The Balaban J connectivity index is 1.74. The van der Waals surface area contributed by atoms with Crippen molar-refractivity contribution in [3.8, 4) is 11.8 Å². The van der Waals surface area contributed by atoms with Gasteiger partial charge in [-0.15, -0.1) is 16.4 Å². The van der Waals surface area contributed by atoms with Crippen LogP contribution in [0.2, 0.25) is 0 Å². The lowest BCUT2D eigenvalue weighted by atomic mass is 10.3. The van der Waals surface area contributed by atoms with E-state index in [2.05, 4.69) is 27.5 Å². The number of aryl methyl sites for hydroxylation is 1. The predicted molar refractivity (Wildman–Crippen MR) is 79.9 cm³/mol. The Labute approximate surface area is 126 Å². The quantitative estimate of drug-likeness (QED) is 0.613. The van der Waals surface area contributed by atoms with Gasteiger partial charge in [-0.05, 0) is 12.5 Å². The second-order valence-electron chi connectivity index (χ2n) is 4.25. The second-order valence-corrected chi connectivity index (χ2v) is 5.16. The van der Waals surface area contributed by atoms with E-state index in [1.165, 1.54) is 11.3 Å². The Kier molecular flexibility index (Phi) is 5.94. The third kappa shape index (κ3) is 5.02. The molecule has 0 radical (unpaired) electrons. The van der Waals surface area contributed by atoms with Crippen LogP contribution < -0.4 is 5.32 Å². The van der Waals surface area contributed by atoms with Crippen LogP contribution in [0.25, 0.3) is 0 Å². The number of thiophene rings is 1. The normalized spacial score (nSPS) is 9.95. The number of aliphatic hydroxyl groups excluding tert-OH is 1. The fraction of sp³-hybridized carbons (Fsp3) is 0.357. The first-order valence-corrected chi connectivity index (χ1v) is 7.48. The highest BCUT2D eigenvalue weighted by molar-refractivity contribution is 7.10. The Hall–Kier alpha value is -2.17. The largest absolute Gasteiger partial charge is 0.395 e. The van der Waals surface area contributed by atoms with E-state index >= 15 is 0 Å². The van der Waals surface area contributed by atoms with Crippen molar-refractivity contribution in [2.24, 2.45) is 0 Å². The van der Waals surface area contributed by atoms with Gasteiger partial charge in [-0.25, -0.2) is 0 Å². The number of hydrogen-bond donors (Lipinski definition) is 2. The number of nitrogens with one attached hydrogen (secondary N) is 1. The van der Waals surface area contributed by atoms with Gasteiger partial charge in [0.2, 0.25) is 0 Å². The zero-order chi connectivity index (χ0) is 14.9. The molecule has 0 aliphatic heterocycles. The molecule has 0 fully saturated rings. The molecule has 6 nitrogen and oxygen atoms in total. The average molecular weight is 304 g/mol. The summed E-state index contributed by atoms with van der Waals surface area (Å²) in [6.45, 7) is 1.36. The van der Waals surface area contributed by atoms with E-state index < -0.39 is 0 Å². The van der Waals surface area contributed by atoms with Crippen LogP contribution in [0.1, 0.15) is 28.1 Å². The maximum absolute atomic E-state index is 11.9. The van der Waals surface area contributed by atoms with Gasteiger partial charge in [0.1, 0.15) is 0 Å². The lowest BCUT2D eigenvalue weighted by Gasteiger charge is -2.03. The molecule has 0 aliphatic rings. The number of hydrogen-bond acceptors (Lipinski definition) is 5. The summed E-state index contributed by atoms with van der Waals surface area (Å²) in [5.41, 5.74) is 0.619. The Bertz CT molecular complexity index is 625. The van der Waals surface area contributed by atoms with Crippen LogP contribution in [-0.4, -0.2) is 39.2 Å². The summed E-state index contributed by atoms with van der Waals surface area (Å²) < 4.78 is 1.73. The van der Waals surface area contributed by atoms with Crippen molar-refractivity contribution in [2.45, 2.75) is 19.4 Å². The first-order valence-electron chi connectivity index (χ1n) is 6.60. The maximum atomic E-state index is 11.9. The highest BCUT2D eigenvalue weighted by Gasteiger charge is 2.07. The summed E-state index contributed by atoms with van der Waals surface area (Å²) >= 11 is 1.43. The van der Waals surface area contributed by atoms with E-state index in [-0.39, 0.29) is 12.5 Å². The van der Waals surface area contributed by atoms with Gasteiger partial charge in [0.05, 0.1) is 23.2 Å². The molecule has 7 heteroatoms. The van der Waals surface area contributed by atoms with Gasteiger partial charge >= 0.3 is 0 Å². The number of aliphatic hydroxyl groups is 1. The highest BCUT2D eigenvalue weighted by Crippen LogP contribution is 2.13. The van der Waals surface area contributed by atoms with E-state index in [1.54, 1.807) is 28.5 Å². The molecule has 0 saturated carbocycles. The molecule has 0 atom stereocenters. The fourth-order valence-electron chi connectivity index (χ4n) is 1.62.